The van der Waals surface area contributed by atoms with Crippen molar-refractivity contribution in [3.8, 4) is 0 Å². The van der Waals surface area contributed by atoms with Gasteiger partial charge in [0.1, 0.15) is 10.4 Å². The lowest BCUT2D eigenvalue weighted by atomic mass is 10.2. The predicted octanol–water partition coefficient (Wildman–Crippen LogP) is 3.14. The molecule has 0 bridgehead atoms. The molecule has 0 aromatic carbocycles. The van der Waals surface area contributed by atoms with Gasteiger partial charge in [0.25, 0.3) is 5.91 Å². The van der Waals surface area contributed by atoms with Crippen LogP contribution in [0.15, 0.2) is 18.3 Å². The summed E-state index contributed by atoms with van der Waals surface area (Å²) >= 11 is 1.42. The van der Waals surface area contributed by atoms with Gasteiger partial charge in [-0.05, 0) is 32.4 Å². The van der Waals surface area contributed by atoms with Crippen molar-refractivity contribution in [3.05, 3.63) is 23.2 Å². The number of aromatic nitrogens is 1. The zero-order chi connectivity index (χ0) is 14.0. The Morgan fingerprint density at radius 2 is 2.26 bits per heavy atom. The van der Waals surface area contributed by atoms with E-state index >= 15 is 0 Å². The summed E-state index contributed by atoms with van der Waals surface area (Å²) in [4.78, 5) is 19.3. The minimum Gasteiger partial charge on any atom is -0.396 e. The zero-order valence-corrected chi connectivity index (χ0v) is 12.3. The molecular weight excluding hydrogens is 258 g/mol. The van der Waals surface area contributed by atoms with Crippen LogP contribution >= 0.6 is 11.3 Å². The van der Waals surface area contributed by atoms with Crippen LogP contribution in [0.25, 0.3) is 10.2 Å². The molecule has 0 fully saturated rings. The molecule has 0 spiro atoms. The third-order valence-electron chi connectivity index (χ3n) is 3.03. The Hall–Kier alpha value is -1.62. The van der Waals surface area contributed by atoms with Gasteiger partial charge in [0.05, 0.1) is 10.4 Å². The highest BCUT2D eigenvalue weighted by Gasteiger charge is 2.23. The molecule has 0 radical (unpaired) electrons. The number of carbonyl (C=O) groups is 1. The summed E-state index contributed by atoms with van der Waals surface area (Å²) in [6, 6.07) is 3.98. The average Bonchev–Trinajstić information content (AvgIpc) is 2.73. The highest BCUT2D eigenvalue weighted by Crippen LogP contribution is 2.33. The number of rotatable bonds is 4. The predicted molar refractivity (Wildman–Crippen MR) is 80.5 cm³/mol. The number of hydrogen-bond acceptors (Lipinski definition) is 4. The lowest BCUT2D eigenvalue weighted by molar-refractivity contribution is 0.0712. The van der Waals surface area contributed by atoms with Crippen LogP contribution in [0.4, 0.5) is 5.69 Å². The minimum atomic E-state index is 0.0114. The molecule has 0 saturated heterocycles. The number of pyridine rings is 1. The van der Waals surface area contributed by atoms with Crippen LogP contribution in [-0.2, 0) is 0 Å². The van der Waals surface area contributed by atoms with Crippen LogP contribution < -0.4 is 5.73 Å². The van der Waals surface area contributed by atoms with Crippen LogP contribution in [0.3, 0.4) is 0 Å². The topological polar surface area (TPSA) is 59.2 Å². The first-order chi connectivity index (χ1) is 9.06. The van der Waals surface area contributed by atoms with E-state index in [0.29, 0.717) is 10.6 Å². The number of nitrogen functional groups attached to an aromatic ring is 1. The van der Waals surface area contributed by atoms with Gasteiger partial charge in [-0.2, -0.15) is 0 Å². The lowest BCUT2D eigenvalue weighted by Crippen LogP contribution is -2.37. The second-order valence-corrected chi connectivity index (χ2v) is 5.84. The molecule has 4 nitrogen and oxygen atoms in total. The highest BCUT2D eigenvalue weighted by molar-refractivity contribution is 7.21. The molecule has 1 amide bonds. The van der Waals surface area contributed by atoms with E-state index in [1.54, 1.807) is 6.20 Å². The summed E-state index contributed by atoms with van der Waals surface area (Å²) in [5, 5.41) is 0. The third kappa shape index (κ3) is 2.56. The summed E-state index contributed by atoms with van der Waals surface area (Å²) in [6.07, 6.45) is 2.64. The first-order valence-corrected chi connectivity index (χ1v) is 7.31. The van der Waals surface area contributed by atoms with E-state index in [9.17, 15) is 4.79 Å². The van der Waals surface area contributed by atoms with Gasteiger partial charge in [0.15, 0.2) is 0 Å². The van der Waals surface area contributed by atoms with E-state index in [1.165, 1.54) is 11.3 Å². The van der Waals surface area contributed by atoms with Gasteiger partial charge in [0, 0.05) is 18.8 Å². The fourth-order valence-electron chi connectivity index (χ4n) is 2.07. The molecule has 0 aliphatic heterocycles. The molecule has 2 aromatic heterocycles. The van der Waals surface area contributed by atoms with Gasteiger partial charge in [-0.25, -0.2) is 0 Å². The largest absolute Gasteiger partial charge is 0.396 e. The van der Waals surface area contributed by atoms with Gasteiger partial charge in [-0.15, -0.1) is 11.3 Å². The Labute approximate surface area is 117 Å². The van der Waals surface area contributed by atoms with Crippen molar-refractivity contribution in [2.24, 2.45) is 0 Å². The van der Waals surface area contributed by atoms with Gasteiger partial charge in [0.2, 0.25) is 0 Å². The standard InChI is InChI=1S/C14H19N3OS/c1-4-8-17(9(2)3)14(18)13-11(15)12-10(19-13)6-5-7-16-12/h5-7,9H,4,8,15H2,1-3H3. The Morgan fingerprint density at radius 1 is 1.53 bits per heavy atom. The Bertz CT molecular complexity index is 591. The normalized spacial score (nSPS) is 11.2. The van der Waals surface area contributed by atoms with Gasteiger partial charge in [-0.1, -0.05) is 6.92 Å². The van der Waals surface area contributed by atoms with Crippen molar-refractivity contribution in [1.29, 1.82) is 0 Å². The summed E-state index contributed by atoms with van der Waals surface area (Å²) in [6.45, 7) is 6.86. The molecule has 5 heteroatoms. The average molecular weight is 277 g/mol. The first-order valence-electron chi connectivity index (χ1n) is 6.50. The fraction of sp³-hybridized carbons (Fsp3) is 0.429. The summed E-state index contributed by atoms with van der Waals surface area (Å²) < 4.78 is 0.962. The number of carbonyl (C=O) groups excluding carboxylic acids is 1. The summed E-state index contributed by atoms with van der Waals surface area (Å²) in [5.74, 6) is 0.0114. The third-order valence-corrected chi connectivity index (χ3v) is 4.17. The van der Waals surface area contributed by atoms with Crippen molar-refractivity contribution in [3.63, 3.8) is 0 Å². The lowest BCUT2D eigenvalue weighted by Gasteiger charge is -2.25. The SMILES string of the molecule is CCCN(C(=O)c1sc2cccnc2c1N)C(C)C. The number of amides is 1. The second-order valence-electron chi connectivity index (χ2n) is 4.79. The molecule has 0 saturated carbocycles. The van der Waals surface area contributed by atoms with Crippen molar-refractivity contribution >= 4 is 33.1 Å². The van der Waals surface area contributed by atoms with E-state index in [4.69, 9.17) is 5.73 Å². The van der Waals surface area contributed by atoms with Gasteiger partial charge in [-0.3, -0.25) is 9.78 Å². The number of nitrogens with zero attached hydrogens (tertiary/aromatic N) is 2. The molecule has 19 heavy (non-hydrogen) atoms. The molecular formula is C14H19N3OS. The maximum atomic E-state index is 12.6. The molecule has 0 aliphatic carbocycles. The van der Waals surface area contributed by atoms with Gasteiger partial charge < -0.3 is 10.6 Å². The van der Waals surface area contributed by atoms with Crippen LogP contribution in [-0.4, -0.2) is 28.4 Å². The van der Waals surface area contributed by atoms with E-state index in [2.05, 4.69) is 11.9 Å². The van der Waals surface area contributed by atoms with Crippen LogP contribution in [0.2, 0.25) is 0 Å². The van der Waals surface area contributed by atoms with E-state index in [1.807, 2.05) is 30.9 Å². The fourth-order valence-corrected chi connectivity index (χ4v) is 3.11. The van der Waals surface area contributed by atoms with Crippen molar-refractivity contribution in [1.82, 2.24) is 9.88 Å². The van der Waals surface area contributed by atoms with Crippen LogP contribution in [0.5, 0.6) is 0 Å². The Balaban J connectivity index is 2.43. The Kier molecular flexibility index (Phi) is 4.04. The number of nitrogens with two attached hydrogens (primary N) is 1. The van der Waals surface area contributed by atoms with Crippen LogP contribution in [0, 0.1) is 0 Å². The quantitative estimate of drug-likeness (QED) is 0.934. The minimum absolute atomic E-state index is 0.0114. The smallest absolute Gasteiger partial charge is 0.266 e. The second kappa shape index (κ2) is 5.57. The van der Waals surface area contributed by atoms with Gasteiger partial charge >= 0.3 is 0 Å². The number of fused-ring (bicyclic) bond motifs is 1. The van der Waals surface area contributed by atoms with Crippen molar-refractivity contribution in [2.75, 3.05) is 12.3 Å². The molecule has 0 unspecified atom stereocenters. The van der Waals surface area contributed by atoms with Crippen molar-refractivity contribution < 1.29 is 4.79 Å². The molecule has 0 aliphatic rings. The molecule has 2 rings (SSSR count). The number of thiophene rings is 1. The summed E-state index contributed by atoms with van der Waals surface area (Å²) in [7, 11) is 0. The monoisotopic (exact) mass is 277 g/mol. The Morgan fingerprint density at radius 3 is 2.84 bits per heavy atom. The van der Waals surface area contributed by atoms with E-state index < -0.39 is 0 Å². The van der Waals surface area contributed by atoms with Crippen LogP contribution in [0.1, 0.15) is 36.9 Å². The summed E-state index contributed by atoms with van der Waals surface area (Å²) in [5.41, 5.74) is 7.31. The molecule has 0 atom stereocenters. The van der Waals surface area contributed by atoms with Crippen molar-refractivity contribution in [2.45, 2.75) is 33.2 Å². The highest BCUT2D eigenvalue weighted by atomic mass is 32.1. The maximum Gasteiger partial charge on any atom is 0.266 e. The first kappa shape index (κ1) is 13.8. The molecule has 2 N–H and O–H groups in total. The molecule has 2 aromatic rings. The number of hydrogen-bond donors (Lipinski definition) is 1. The zero-order valence-electron chi connectivity index (χ0n) is 11.5. The molecule has 2 heterocycles. The van der Waals surface area contributed by atoms with E-state index in [0.717, 1.165) is 23.2 Å². The molecule has 102 valence electrons. The number of anilines is 1. The van der Waals surface area contributed by atoms with E-state index in [-0.39, 0.29) is 11.9 Å². The maximum absolute atomic E-state index is 12.6.